The second kappa shape index (κ2) is 11.8. The van der Waals surface area contributed by atoms with Gasteiger partial charge < -0.3 is 14.0 Å². The Bertz CT molecular complexity index is 1390. The Morgan fingerprint density at radius 3 is 2.53 bits per heavy atom. The lowest BCUT2D eigenvalue weighted by Gasteiger charge is -2.15. The predicted octanol–water partition coefficient (Wildman–Crippen LogP) is 6.07. The van der Waals surface area contributed by atoms with Crippen molar-refractivity contribution in [3.05, 3.63) is 93.2 Å². The fraction of sp³-hybridized carbons (Fsp3) is 0.276. The summed E-state index contributed by atoms with van der Waals surface area (Å²) in [5.41, 5.74) is 3.02. The third kappa shape index (κ3) is 5.57. The van der Waals surface area contributed by atoms with Crippen molar-refractivity contribution >= 4 is 40.1 Å². The number of carbonyl (C=O) groups excluding carboxylic acids is 2. The van der Waals surface area contributed by atoms with Crippen LogP contribution in [0.2, 0.25) is 0 Å². The lowest BCUT2D eigenvalue weighted by molar-refractivity contribution is -0.136. The number of hydrogen-bond acceptors (Lipinski definition) is 6. The highest BCUT2D eigenvalue weighted by Gasteiger charge is 2.17. The molecule has 0 amide bonds. The molecule has 0 saturated carbocycles. The molecule has 0 aliphatic carbocycles. The Morgan fingerprint density at radius 1 is 1.03 bits per heavy atom. The van der Waals surface area contributed by atoms with Gasteiger partial charge in [-0.1, -0.05) is 49.7 Å². The van der Waals surface area contributed by atoms with Gasteiger partial charge in [0.1, 0.15) is 5.82 Å². The van der Waals surface area contributed by atoms with Gasteiger partial charge in [0.2, 0.25) is 0 Å². The number of unbranched alkanes of at least 4 members (excludes halogenated alkanes) is 1. The molecular weight excluding hydrogens is 472 g/mol. The summed E-state index contributed by atoms with van der Waals surface area (Å²) >= 11 is 1.61. The standard InChI is InChI=1S/C29H30N2O4S/c1-4-5-12-27-30-18-22(16-21(28(32)34-2)17-23-9-8-15-36-23)31(27)19-20-13-14-26(29(33)35-3)25-11-7-6-10-24(20)25/h6-11,13-16,18H,4-5,12,17,19H2,1-3H3. The van der Waals surface area contributed by atoms with Crippen LogP contribution in [0.25, 0.3) is 16.8 Å². The van der Waals surface area contributed by atoms with Gasteiger partial charge in [-0.2, -0.15) is 0 Å². The maximum Gasteiger partial charge on any atom is 0.338 e. The molecule has 0 N–H and O–H groups in total. The molecule has 0 spiro atoms. The lowest BCUT2D eigenvalue weighted by Crippen LogP contribution is -2.11. The van der Waals surface area contributed by atoms with Crippen LogP contribution in [0.1, 0.15) is 52.1 Å². The second-order valence-corrected chi connectivity index (χ2v) is 9.55. The third-order valence-corrected chi connectivity index (χ3v) is 7.06. The summed E-state index contributed by atoms with van der Waals surface area (Å²) in [5.74, 6) is 0.257. The van der Waals surface area contributed by atoms with Crippen molar-refractivity contribution < 1.29 is 19.1 Å². The van der Waals surface area contributed by atoms with Crippen molar-refractivity contribution in [2.45, 2.75) is 39.2 Å². The van der Waals surface area contributed by atoms with Crippen molar-refractivity contribution in [3.8, 4) is 0 Å². The van der Waals surface area contributed by atoms with Gasteiger partial charge in [-0.25, -0.2) is 14.6 Å². The molecule has 0 radical (unpaired) electrons. The van der Waals surface area contributed by atoms with E-state index in [2.05, 4.69) is 11.5 Å². The van der Waals surface area contributed by atoms with Gasteiger partial charge in [-0.15, -0.1) is 11.3 Å². The van der Waals surface area contributed by atoms with Gasteiger partial charge in [0.25, 0.3) is 0 Å². The summed E-state index contributed by atoms with van der Waals surface area (Å²) in [4.78, 5) is 30.8. The van der Waals surface area contributed by atoms with E-state index in [0.717, 1.165) is 52.0 Å². The van der Waals surface area contributed by atoms with Gasteiger partial charge in [-0.3, -0.25) is 0 Å². The quantitative estimate of drug-likeness (QED) is 0.194. The first-order valence-corrected chi connectivity index (χ1v) is 12.9. The molecule has 0 unspecified atom stereocenters. The second-order valence-electron chi connectivity index (χ2n) is 8.52. The average Bonchev–Trinajstić information content (AvgIpc) is 3.56. The highest BCUT2D eigenvalue weighted by atomic mass is 32.1. The van der Waals surface area contributed by atoms with Crippen LogP contribution in [0, 0.1) is 0 Å². The molecule has 0 bridgehead atoms. The topological polar surface area (TPSA) is 70.4 Å². The summed E-state index contributed by atoms with van der Waals surface area (Å²) in [7, 11) is 2.80. The number of aryl methyl sites for hydroxylation is 1. The molecular formula is C29H30N2O4S. The highest BCUT2D eigenvalue weighted by Crippen LogP contribution is 2.26. The number of imidazole rings is 1. The fourth-order valence-corrected chi connectivity index (χ4v) is 5.04. The molecule has 4 aromatic rings. The zero-order valence-corrected chi connectivity index (χ0v) is 21.6. The minimum Gasteiger partial charge on any atom is -0.466 e. The number of esters is 2. The van der Waals surface area contributed by atoms with Crippen molar-refractivity contribution in [3.63, 3.8) is 0 Å². The van der Waals surface area contributed by atoms with Crippen LogP contribution in [-0.4, -0.2) is 35.7 Å². The van der Waals surface area contributed by atoms with E-state index < -0.39 is 0 Å². The van der Waals surface area contributed by atoms with E-state index in [1.165, 1.54) is 14.2 Å². The molecule has 0 aliphatic heterocycles. The summed E-state index contributed by atoms with van der Waals surface area (Å²) in [5, 5.41) is 3.83. The molecule has 4 rings (SSSR count). The molecule has 186 valence electrons. The minimum absolute atomic E-state index is 0.348. The van der Waals surface area contributed by atoms with E-state index in [-0.39, 0.29) is 11.9 Å². The van der Waals surface area contributed by atoms with Crippen LogP contribution < -0.4 is 0 Å². The summed E-state index contributed by atoms with van der Waals surface area (Å²) in [6.07, 6.45) is 7.12. The van der Waals surface area contributed by atoms with Gasteiger partial charge in [0, 0.05) is 29.8 Å². The average molecular weight is 503 g/mol. The van der Waals surface area contributed by atoms with Gasteiger partial charge >= 0.3 is 11.9 Å². The first kappa shape index (κ1) is 25.4. The van der Waals surface area contributed by atoms with Crippen molar-refractivity contribution in [1.82, 2.24) is 9.55 Å². The van der Waals surface area contributed by atoms with Crippen LogP contribution in [0.15, 0.2) is 65.7 Å². The Balaban J connectivity index is 1.79. The zero-order valence-electron chi connectivity index (χ0n) is 20.8. The molecule has 36 heavy (non-hydrogen) atoms. The number of methoxy groups -OCH3 is 2. The summed E-state index contributed by atoms with van der Waals surface area (Å²) in [6, 6.07) is 15.6. The number of thiophene rings is 1. The van der Waals surface area contributed by atoms with Crippen molar-refractivity contribution in [1.29, 1.82) is 0 Å². The van der Waals surface area contributed by atoms with E-state index in [1.807, 2.05) is 66.2 Å². The molecule has 0 saturated heterocycles. The van der Waals surface area contributed by atoms with E-state index >= 15 is 0 Å². The maximum atomic E-state index is 12.6. The first-order chi connectivity index (χ1) is 17.5. The van der Waals surface area contributed by atoms with E-state index in [9.17, 15) is 9.59 Å². The number of nitrogens with zero attached hydrogens (tertiary/aromatic N) is 2. The number of rotatable bonds is 10. The number of ether oxygens (including phenoxy) is 2. The molecule has 0 atom stereocenters. The van der Waals surface area contributed by atoms with Crippen molar-refractivity contribution in [2.75, 3.05) is 14.2 Å². The van der Waals surface area contributed by atoms with E-state index in [4.69, 9.17) is 14.5 Å². The Hall–Kier alpha value is -3.71. The van der Waals surface area contributed by atoms with Gasteiger partial charge in [0.15, 0.2) is 0 Å². The molecule has 2 aromatic carbocycles. The fourth-order valence-electron chi connectivity index (χ4n) is 4.31. The molecule has 0 fully saturated rings. The van der Waals surface area contributed by atoms with Crippen LogP contribution in [-0.2, 0) is 33.7 Å². The summed E-state index contributed by atoms with van der Waals surface area (Å²) in [6.45, 7) is 2.71. The van der Waals surface area contributed by atoms with E-state index in [0.29, 0.717) is 24.1 Å². The van der Waals surface area contributed by atoms with Crippen molar-refractivity contribution in [2.24, 2.45) is 0 Å². The Morgan fingerprint density at radius 2 is 1.83 bits per heavy atom. The third-order valence-electron chi connectivity index (χ3n) is 6.19. The molecule has 6 nitrogen and oxygen atoms in total. The monoisotopic (exact) mass is 502 g/mol. The zero-order chi connectivity index (χ0) is 25.5. The lowest BCUT2D eigenvalue weighted by atomic mass is 9.99. The van der Waals surface area contributed by atoms with Crippen LogP contribution in [0.5, 0.6) is 0 Å². The number of benzene rings is 2. The number of aromatic nitrogens is 2. The Kier molecular flexibility index (Phi) is 8.33. The van der Waals surface area contributed by atoms with E-state index in [1.54, 1.807) is 11.3 Å². The van der Waals surface area contributed by atoms with Gasteiger partial charge in [-0.05, 0) is 46.3 Å². The largest absolute Gasteiger partial charge is 0.466 e. The Labute approximate surface area is 215 Å². The van der Waals surface area contributed by atoms with Crippen LogP contribution in [0.3, 0.4) is 0 Å². The smallest absolute Gasteiger partial charge is 0.338 e. The van der Waals surface area contributed by atoms with Crippen LogP contribution >= 0.6 is 11.3 Å². The molecule has 2 heterocycles. The minimum atomic E-state index is -0.357. The molecule has 7 heteroatoms. The first-order valence-electron chi connectivity index (χ1n) is 12.0. The predicted molar refractivity (Wildman–Crippen MR) is 143 cm³/mol. The van der Waals surface area contributed by atoms with Crippen LogP contribution in [0.4, 0.5) is 0 Å². The normalized spacial score (nSPS) is 11.6. The number of carbonyl (C=O) groups is 2. The molecule has 2 aromatic heterocycles. The van der Waals surface area contributed by atoms with Gasteiger partial charge in [0.05, 0.1) is 31.7 Å². The highest BCUT2D eigenvalue weighted by molar-refractivity contribution is 7.09. The summed E-state index contributed by atoms with van der Waals surface area (Å²) < 4.78 is 12.2. The maximum absolute atomic E-state index is 12.6. The molecule has 0 aliphatic rings. The SMILES string of the molecule is CCCCc1ncc(C=C(Cc2cccs2)C(=O)OC)n1Cc1ccc(C(=O)OC)c2ccccc12. The number of fused-ring (bicyclic) bond motifs is 1. The number of hydrogen-bond donors (Lipinski definition) is 0.